The molecular weight excluding hydrogens is 212 g/mol. The Bertz CT molecular complexity index is 456. The molecule has 17 heavy (non-hydrogen) atoms. The van der Waals surface area contributed by atoms with Gasteiger partial charge in [0.1, 0.15) is 0 Å². The predicted molar refractivity (Wildman–Crippen MR) is 68.0 cm³/mol. The highest BCUT2D eigenvalue weighted by atomic mass is 16.2. The normalized spacial score (nSPS) is 23.9. The average Bonchev–Trinajstić information content (AvgIpc) is 2.69. The summed E-state index contributed by atoms with van der Waals surface area (Å²) in [5.74, 6) is 0.0870. The van der Waals surface area contributed by atoms with Gasteiger partial charge in [0.2, 0.25) is 5.91 Å². The molecular formula is C14H18N2O. The molecule has 3 nitrogen and oxygen atoms in total. The summed E-state index contributed by atoms with van der Waals surface area (Å²) in [6.07, 6.45) is 5.53. The molecule has 1 aromatic carbocycles. The van der Waals surface area contributed by atoms with E-state index in [1.165, 1.54) is 24.0 Å². The second-order valence-corrected chi connectivity index (χ2v) is 5.01. The summed E-state index contributed by atoms with van der Waals surface area (Å²) >= 11 is 0. The monoisotopic (exact) mass is 230 g/mol. The van der Waals surface area contributed by atoms with Gasteiger partial charge in [-0.1, -0.05) is 12.1 Å². The van der Waals surface area contributed by atoms with Crippen molar-refractivity contribution < 1.29 is 4.79 Å². The van der Waals surface area contributed by atoms with Crippen molar-refractivity contribution >= 4 is 11.6 Å². The fraction of sp³-hybridized carbons (Fsp3) is 0.500. The first-order chi connectivity index (χ1) is 8.27. The summed E-state index contributed by atoms with van der Waals surface area (Å²) in [6, 6.07) is 6.03. The maximum absolute atomic E-state index is 12.0. The molecule has 90 valence electrons. The third-order valence-electron chi connectivity index (χ3n) is 3.91. The van der Waals surface area contributed by atoms with Crippen molar-refractivity contribution in [1.82, 2.24) is 0 Å². The van der Waals surface area contributed by atoms with Crippen LogP contribution in [0.3, 0.4) is 0 Å². The quantitative estimate of drug-likeness (QED) is 0.797. The molecule has 0 spiro atoms. The van der Waals surface area contributed by atoms with Gasteiger partial charge < -0.3 is 10.6 Å². The number of carbonyl (C=O) groups excluding carboxylic acids is 1. The Morgan fingerprint density at radius 1 is 1.24 bits per heavy atom. The molecule has 2 N–H and O–H groups in total. The maximum atomic E-state index is 12.0. The fourth-order valence-electron chi connectivity index (χ4n) is 2.96. The molecule has 1 saturated heterocycles. The van der Waals surface area contributed by atoms with Crippen molar-refractivity contribution in [3.63, 3.8) is 0 Å². The van der Waals surface area contributed by atoms with E-state index in [1.807, 2.05) is 4.90 Å². The van der Waals surface area contributed by atoms with Crippen LogP contribution in [-0.2, 0) is 17.6 Å². The summed E-state index contributed by atoms with van der Waals surface area (Å²) in [5, 5.41) is 0. The molecule has 1 atom stereocenters. The molecule has 1 aliphatic carbocycles. The Balaban J connectivity index is 2.00. The van der Waals surface area contributed by atoms with Gasteiger partial charge in [0, 0.05) is 12.2 Å². The van der Waals surface area contributed by atoms with Gasteiger partial charge in [0.05, 0.1) is 6.04 Å². The number of benzene rings is 1. The van der Waals surface area contributed by atoms with Crippen LogP contribution in [0.1, 0.15) is 30.4 Å². The van der Waals surface area contributed by atoms with E-state index in [9.17, 15) is 4.79 Å². The molecule has 1 aliphatic heterocycles. The molecule has 1 fully saturated rings. The van der Waals surface area contributed by atoms with Crippen molar-refractivity contribution in [2.45, 2.75) is 38.1 Å². The van der Waals surface area contributed by atoms with E-state index in [2.05, 4.69) is 18.2 Å². The standard InChI is InChI=1S/C14H18N2O/c15-12-8-9-16(14(12)17)13-7-3-5-10-4-1-2-6-11(10)13/h3,5,7,12H,1-2,4,6,8-9,15H2. The molecule has 2 aliphatic rings. The number of amides is 1. The number of rotatable bonds is 1. The third kappa shape index (κ3) is 1.75. The van der Waals surface area contributed by atoms with Crippen molar-refractivity contribution in [3.8, 4) is 0 Å². The van der Waals surface area contributed by atoms with E-state index >= 15 is 0 Å². The second kappa shape index (κ2) is 4.15. The summed E-state index contributed by atoms with van der Waals surface area (Å²) in [6.45, 7) is 0.774. The largest absolute Gasteiger partial charge is 0.320 e. The Morgan fingerprint density at radius 3 is 2.82 bits per heavy atom. The number of nitrogens with two attached hydrogens (primary N) is 1. The van der Waals surface area contributed by atoms with Gasteiger partial charge in [-0.25, -0.2) is 0 Å². The average molecular weight is 230 g/mol. The van der Waals surface area contributed by atoms with E-state index in [-0.39, 0.29) is 11.9 Å². The van der Waals surface area contributed by atoms with Crippen LogP contribution in [0.2, 0.25) is 0 Å². The van der Waals surface area contributed by atoms with Crippen LogP contribution >= 0.6 is 0 Å². The first kappa shape index (κ1) is 10.8. The van der Waals surface area contributed by atoms with Crippen molar-refractivity contribution in [3.05, 3.63) is 29.3 Å². The van der Waals surface area contributed by atoms with E-state index < -0.39 is 0 Å². The lowest BCUT2D eigenvalue weighted by Crippen LogP contribution is -2.34. The number of hydrogen-bond donors (Lipinski definition) is 1. The third-order valence-corrected chi connectivity index (χ3v) is 3.91. The van der Waals surface area contributed by atoms with E-state index in [4.69, 9.17) is 5.73 Å². The van der Waals surface area contributed by atoms with Crippen LogP contribution < -0.4 is 10.6 Å². The molecule has 3 rings (SSSR count). The summed E-state index contributed by atoms with van der Waals surface area (Å²) < 4.78 is 0. The highest BCUT2D eigenvalue weighted by Crippen LogP contribution is 2.32. The molecule has 3 heteroatoms. The minimum atomic E-state index is -0.297. The van der Waals surface area contributed by atoms with Gasteiger partial charge in [-0.15, -0.1) is 0 Å². The van der Waals surface area contributed by atoms with Gasteiger partial charge >= 0.3 is 0 Å². The molecule has 0 radical (unpaired) electrons. The van der Waals surface area contributed by atoms with Gasteiger partial charge in [-0.05, 0) is 49.3 Å². The lowest BCUT2D eigenvalue weighted by Gasteiger charge is -2.25. The van der Waals surface area contributed by atoms with Crippen molar-refractivity contribution in [2.24, 2.45) is 5.73 Å². The SMILES string of the molecule is NC1CCN(c2cccc3c2CCCC3)C1=O. The van der Waals surface area contributed by atoms with Crippen molar-refractivity contribution in [2.75, 3.05) is 11.4 Å². The first-order valence-corrected chi connectivity index (χ1v) is 6.45. The molecule has 1 aromatic rings. The summed E-state index contributed by atoms with van der Waals surface area (Å²) in [5.41, 5.74) is 9.70. The Morgan fingerprint density at radius 2 is 2.06 bits per heavy atom. The van der Waals surface area contributed by atoms with Crippen LogP contribution in [0.4, 0.5) is 5.69 Å². The Hall–Kier alpha value is -1.35. The minimum Gasteiger partial charge on any atom is -0.320 e. The zero-order valence-corrected chi connectivity index (χ0v) is 9.98. The maximum Gasteiger partial charge on any atom is 0.243 e. The first-order valence-electron chi connectivity index (χ1n) is 6.45. The second-order valence-electron chi connectivity index (χ2n) is 5.01. The van der Waals surface area contributed by atoms with Crippen LogP contribution in [0.15, 0.2) is 18.2 Å². The fourth-order valence-corrected chi connectivity index (χ4v) is 2.96. The highest BCUT2D eigenvalue weighted by molar-refractivity contribution is 6.00. The predicted octanol–water partition coefficient (Wildman–Crippen LogP) is 1.63. The van der Waals surface area contributed by atoms with Gasteiger partial charge in [-0.3, -0.25) is 4.79 Å². The number of carbonyl (C=O) groups is 1. The molecule has 0 bridgehead atoms. The lowest BCUT2D eigenvalue weighted by molar-refractivity contribution is -0.118. The van der Waals surface area contributed by atoms with Crippen LogP contribution in [-0.4, -0.2) is 18.5 Å². The molecule has 1 heterocycles. The molecule has 0 aromatic heterocycles. The molecule has 0 saturated carbocycles. The Labute approximate surface area is 102 Å². The van der Waals surface area contributed by atoms with Gasteiger partial charge in [0.15, 0.2) is 0 Å². The molecule has 1 unspecified atom stereocenters. The van der Waals surface area contributed by atoms with Crippen LogP contribution in [0, 0.1) is 0 Å². The number of nitrogens with zero attached hydrogens (tertiary/aromatic N) is 1. The Kier molecular flexibility index (Phi) is 2.63. The smallest absolute Gasteiger partial charge is 0.243 e. The summed E-state index contributed by atoms with van der Waals surface area (Å²) in [4.78, 5) is 13.9. The number of aryl methyl sites for hydroxylation is 1. The van der Waals surface area contributed by atoms with E-state index in [0.717, 1.165) is 31.5 Å². The number of anilines is 1. The number of hydrogen-bond acceptors (Lipinski definition) is 2. The highest BCUT2D eigenvalue weighted by Gasteiger charge is 2.31. The molecule has 1 amide bonds. The van der Waals surface area contributed by atoms with Crippen LogP contribution in [0.25, 0.3) is 0 Å². The van der Waals surface area contributed by atoms with E-state index in [1.54, 1.807) is 0 Å². The number of fused-ring (bicyclic) bond motifs is 1. The van der Waals surface area contributed by atoms with Crippen LogP contribution in [0.5, 0.6) is 0 Å². The van der Waals surface area contributed by atoms with Gasteiger partial charge in [-0.2, -0.15) is 0 Å². The van der Waals surface area contributed by atoms with E-state index in [0.29, 0.717) is 0 Å². The summed E-state index contributed by atoms with van der Waals surface area (Å²) in [7, 11) is 0. The topological polar surface area (TPSA) is 46.3 Å². The van der Waals surface area contributed by atoms with Crippen molar-refractivity contribution in [1.29, 1.82) is 0 Å². The van der Waals surface area contributed by atoms with Gasteiger partial charge in [0.25, 0.3) is 0 Å². The minimum absolute atomic E-state index is 0.0870. The lowest BCUT2D eigenvalue weighted by atomic mass is 9.90. The zero-order valence-electron chi connectivity index (χ0n) is 9.98. The zero-order chi connectivity index (χ0) is 11.8.